The number of carbonyl (C=O) groups excluding carboxylic acids is 1. The van der Waals surface area contributed by atoms with Gasteiger partial charge in [-0.1, -0.05) is 43.2 Å². The van der Waals surface area contributed by atoms with Crippen LogP contribution in [0.1, 0.15) is 37.0 Å². The van der Waals surface area contributed by atoms with Crippen LogP contribution in [0.5, 0.6) is 0 Å². The Balaban J connectivity index is 1.76. The fourth-order valence-electron chi connectivity index (χ4n) is 3.10. The monoisotopic (exact) mass is 269 g/mol. The predicted molar refractivity (Wildman–Crippen MR) is 77.1 cm³/mol. The van der Waals surface area contributed by atoms with Gasteiger partial charge in [0.2, 0.25) is 5.91 Å². The number of benzene rings is 1. The first-order chi connectivity index (χ1) is 9.78. The van der Waals surface area contributed by atoms with Crippen LogP contribution in [0.15, 0.2) is 53.1 Å². The zero-order valence-corrected chi connectivity index (χ0v) is 11.5. The summed E-state index contributed by atoms with van der Waals surface area (Å²) >= 11 is 0. The number of hydrogen-bond donors (Lipinski definition) is 1. The highest BCUT2D eigenvalue weighted by Gasteiger charge is 2.36. The minimum Gasteiger partial charge on any atom is -0.469 e. The lowest BCUT2D eigenvalue weighted by Gasteiger charge is -2.31. The van der Waals surface area contributed by atoms with E-state index in [0.29, 0.717) is 12.2 Å². The molecule has 104 valence electrons. The molecule has 0 bridgehead atoms. The lowest BCUT2D eigenvalue weighted by molar-refractivity contribution is -0.122. The number of carbonyl (C=O) groups is 1. The van der Waals surface area contributed by atoms with Crippen molar-refractivity contribution >= 4 is 5.91 Å². The van der Waals surface area contributed by atoms with Crippen molar-refractivity contribution in [3.63, 3.8) is 0 Å². The zero-order chi connectivity index (χ0) is 13.8. The van der Waals surface area contributed by atoms with E-state index in [4.69, 9.17) is 4.42 Å². The lowest BCUT2D eigenvalue weighted by atomic mass is 9.88. The van der Waals surface area contributed by atoms with Gasteiger partial charge >= 0.3 is 0 Å². The molecular weight excluding hydrogens is 250 g/mol. The molecule has 0 saturated heterocycles. The average Bonchev–Trinajstić information content (AvgIpc) is 3.12. The topological polar surface area (TPSA) is 42.2 Å². The van der Waals surface area contributed by atoms with Crippen molar-refractivity contribution in [2.75, 3.05) is 0 Å². The SMILES string of the molecule is O=C(Cc1ccco1)NC1(c2ccccc2)CCCC1. The second-order valence-corrected chi connectivity index (χ2v) is 5.46. The molecule has 1 aliphatic rings. The van der Waals surface area contributed by atoms with Crippen molar-refractivity contribution in [2.45, 2.75) is 37.6 Å². The highest BCUT2D eigenvalue weighted by Crippen LogP contribution is 2.38. The van der Waals surface area contributed by atoms with Gasteiger partial charge in [-0.2, -0.15) is 0 Å². The van der Waals surface area contributed by atoms with Gasteiger partial charge in [-0.05, 0) is 30.5 Å². The summed E-state index contributed by atoms with van der Waals surface area (Å²) in [5.41, 5.74) is 1.02. The number of rotatable bonds is 4. The van der Waals surface area contributed by atoms with Crippen molar-refractivity contribution in [3.05, 3.63) is 60.1 Å². The van der Waals surface area contributed by atoms with Gasteiger partial charge in [0.05, 0.1) is 18.2 Å². The highest BCUT2D eigenvalue weighted by molar-refractivity contribution is 5.79. The van der Waals surface area contributed by atoms with Crippen LogP contribution in [0.2, 0.25) is 0 Å². The van der Waals surface area contributed by atoms with Crippen molar-refractivity contribution in [1.82, 2.24) is 5.32 Å². The molecule has 3 nitrogen and oxygen atoms in total. The third-order valence-electron chi connectivity index (χ3n) is 4.08. The van der Waals surface area contributed by atoms with Crippen molar-refractivity contribution in [2.24, 2.45) is 0 Å². The first-order valence-electron chi connectivity index (χ1n) is 7.17. The van der Waals surface area contributed by atoms with Crippen LogP contribution in [0, 0.1) is 0 Å². The van der Waals surface area contributed by atoms with E-state index in [-0.39, 0.29) is 11.4 Å². The van der Waals surface area contributed by atoms with E-state index in [9.17, 15) is 4.79 Å². The zero-order valence-electron chi connectivity index (χ0n) is 11.5. The van der Waals surface area contributed by atoms with E-state index in [1.807, 2.05) is 30.3 Å². The third-order valence-corrected chi connectivity index (χ3v) is 4.08. The van der Waals surface area contributed by atoms with E-state index in [1.165, 1.54) is 5.56 Å². The molecule has 20 heavy (non-hydrogen) atoms. The van der Waals surface area contributed by atoms with Crippen LogP contribution in [0.3, 0.4) is 0 Å². The highest BCUT2D eigenvalue weighted by atomic mass is 16.3. The Morgan fingerprint density at radius 1 is 1.10 bits per heavy atom. The molecule has 1 aliphatic carbocycles. The Hall–Kier alpha value is -2.03. The minimum absolute atomic E-state index is 0.0331. The van der Waals surface area contributed by atoms with E-state index < -0.39 is 0 Å². The van der Waals surface area contributed by atoms with Crippen LogP contribution in [-0.2, 0) is 16.8 Å². The van der Waals surface area contributed by atoms with Gasteiger partial charge in [-0.25, -0.2) is 0 Å². The summed E-state index contributed by atoms with van der Waals surface area (Å²) in [4.78, 5) is 12.3. The van der Waals surface area contributed by atoms with Gasteiger partial charge < -0.3 is 9.73 Å². The summed E-state index contributed by atoms with van der Waals surface area (Å²) < 4.78 is 5.25. The molecule has 1 fully saturated rings. The maximum atomic E-state index is 12.3. The molecule has 0 aliphatic heterocycles. The van der Waals surface area contributed by atoms with E-state index in [1.54, 1.807) is 6.26 Å². The summed E-state index contributed by atoms with van der Waals surface area (Å²) in [5.74, 6) is 0.745. The van der Waals surface area contributed by atoms with Crippen LogP contribution in [0.25, 0.3) is 0 Å². The Labute approximate surface area is 119 Å². The molecule has 1 N–H and O–H groups in total. The van der Waals surface area contributed by atoms with Crippen LogP contribution >= 0.6 is 0 Å². The van der Waals surface area contributed by atoms with Gasteiger partial charge in [0.1, 0.15) is 5.76 Å². The average molecular weight is 269 g/mol. The molecule has 1 aromatic heterocycles. The molecule has 1 aromatic carbocycles. The van der Waals surface area contributed by atoms with Crippen LogP contribution in [0.4, 0.5) is 0 Å². The number of nitrogens with one attached hydrogen (secondary N) is 1. The Bertz CT molecular complexity index is 554. The van der Waals surface area contributed by atoms with Gasteiger partial charge in [-0.3, -0.25) is 4.79 Å². The first kappa shape index (κ1) is 13.0. The standard InChI is InChI=1S/C17H19NO2/c19-16(13-15-9-6-12-20-15)18-17(10-4-5-11-17)14-7-2-1-3-8-14/h1-3,6-9,12H,4-5,10-11,13H2,(H,18,19). The first-order valence-corrected chi connectivity index (χ1v) is 7.17. The maximum absolute atomic E-state index is 12.3. The molecule has 0 atom stereocenters. The Morgan fingerprint density at radius 3 is 2.50 bits per heavy atom. The number of amides is 1. The molecule has 3 rings (SSSR count). The predicted octanol–water partition coefficient (Wildman–Crippen LogP) is 3.41. The minimum atomic E-state index is -0.190. The lowest BCUT2D eigenvalue weighted by Crippen LogP contribution is -2.44. The van der Waals surface area contributed by atoms with Crippen molar-refractivity contribution < 1.29 is 9.21 Å². The molecule has 2 aromatic rings. The van der Waals surface area contributed by atoms with Gasteiger partial charge in [-0.15, -0.1) is 0 Å². The van der Waals surface area contributed by atoms with Crippen LogP contribution in [-0.4, -0.2) is 5.91 Å². The number of hydrogen-bond acceptors (Lipinski definition) is 2. The normalized spacial score (nSPS) is 17.0. The summed E-state index contributed by atoms with van der Waals surface area (Å²) in [6.45, 7) is 0. The van der Waals surface area contributed by atoms with Gasteiger partial charge in [0.15, 0.2) is 0 Å². The fraction of sp³-hybridized carbons (Fsp3) is 0.353. The molecule has 0 radical (unpaired) electrons. The van der Waals surface area contributed by atoms with E-state index in [2.05, 4.69) is 17.4 Å². The molecule has 0 unspecified atom stereocenters. The van der Waals surface area contributed by atoms with Crippen molar-refractivity contribution in [1.29, 1.82) is 0 Å². The van der Waals surface area contributed by atoms with Crippen LogP contribution < -0.4 is 5.32 Å². The molecular formula is C17H19NO2. The summed E-state index contributed by atoms with van der Waals surface area (Å²) in [5, 5.41) is 3.25. The quantitative estimate of drug-likeness (QED) is 0.924. The summed E-state index contributed by atoms with van der Waals surface area (Å²) in [7, 11) is 0. The molecule has 1 heterocycles. The third kappa shape index (κ3) is 2.62. The smallest absolute Gasteiger partial charge is 0.228 e. The fourth-order valence-corrected chi connectivity index (χ4v) is 3.10. The molecule has 0 spiro atoms. The second kappa shape index (κ2) is 5.53. The van der Waals surface area contributed by atoms with E-state index >= 15 is 0 Å². The second-order valence-electron chi connectivity index (χ2n) is 5.46. The Kier molecular flexibility index (Phi) is 3.59. The molecule has 1 amide bonds. The summed E-state index contributed by atoms with van der Waals surface area (Å²) in [6.07, 6.45) is 6.26. The largest absolute Gasteiger partial charge is 0.469 e. The van der Waals surface area contributed by atoms with E-state index in [0.717, 1.165) is 25.7 Å². The summed E-state index contributed by atoms with van der Waals surface area (Å²) in [6, 6.07) is 13.9. The van der Waals surface area contributed by atoms with Gasteiger partial charge in [0.25, 0.3) is 0 Å². The molecule has 3 heteroatoms. The number of furan rings is 1. The molecule has 1 saturated carbocycles. The maximum Gasteiger partial charge on any atom is 0.228 e. The van der Waals surface area contributed by atoms with Crippen molar-refractivity contribution in [3.8, 4) is 0 Å². The van der Waals surface area contributed by atoms with Gasteiger partial charge in [0, 0.05) is 0 Å². The Morgan fingerprint density at radius 2 is 1.85 bits per heavy atom.